The highest BCUT2D eigenvalue weighted by Crippen LogP contribution is 2.45. The number of aliphatic imine (C=N–C) groups is 1. The van der Waals surface area contributed by atoms with Gasteiger partial charge in [0.2, 0.25) is 11.5 Å². The highest BCUT2D eigenvalue weighted by atomic mass is 19.4. The fourth-order valence-electron chi connectivity index (χ4n) is 2.90. The number of ether oxygens (including phenoxy) is 2. The number of guanidine groups is 1. The molecule has 0 aliphatic carbocycles. The summed E-state index contributed by atoms with van der Waals surface area (Å²) in [7, 11) is 0. The van der Waals surface area contributed by atoms with Gasteiger partial charge in [-0.25, -0.2) is 9.98 Å². The van der Waals surface area contributed by atoms with Crippen LogP contribution in [0.15, 0.2) is 11.3 Å². The van der Waals surface area contributed by atoms with Crippen LogP contribution in [0.25, 0.3) is 0 Å². The Balaban J connectivity index is 2.07. The average molecular weight is 383 g/mol. The third-order valence-electron chi connectivity index (χ3n) is 3.97. The van der Waals surface area contributed by atoms with Crippen molar-refractivity contribution in [1.29, 1.82) is 0 Å². The molecule has 0 amide bonds. The molecular weight excluding hydrogens is 367 g/mol. The molecule has 1 aromatic heterocycles. The first-order valence-corrected chi connectivity index (χ1v) is 7.24. The molecule has 26 heavy (non-hydrogen) atoms. The smallest absolute Gasteiger partial charge is 0.394 e. The van der Waals surface area contributed by atoms with Crippen LogP contribution in [0.1, 0.15) is 18.8 Å². The van der Waals surface area contributed by atoms with Crippen LogP contribution in [0.4, 0.5) is 19.0 Å². The second-order valence-electron chi connectivity index (χ2n) is 5.95. The van der Waals surface area contributed by atoms with Crippen LogP contribution >= 0.6 is 0 Å². The number of aromatic nitrogens is 2. The molecule has 2 aliphatic heterocycles. The summed E-state index contributed by atoms with van der Waals surface area (Å²) in [6.45, 7) is 0.336. The molecule has 3 heterocycles. The van der Waals surface area contributed by atoms with Crippen LogP contribution in [0.5, 0.6) is 0 Å². The number of alkyl halides is 3. The van der Waals surface area contributed by atoms with E-state index < -0.39 is 42.9 Å². The molecule has 0 spiro atoms. The van der Waals surface area contributed by atoms with Crippen molar-refractivity contribution in [3.05, 3.63) is 12.0 Å². The standard InChI is InChI=1S/C12H16F3N5O6/c1-10(23)5-7(18-9(16)19-10)20(3-17-5)8-11(24,26-12(13,14)15)6(22)4(2-21)25-8/h3-4,6,8,21-24H,2H2,1H3,(H3,16,18,19)/t4-,6-,8-,10?,11+/m1/s1. The zero-order valence-electron chi connectivity index (χ0n) is 13.2. The molecule has 146 valence electrons. The van der Waals surface area contributed by atoms with Crippen LogP contribution in [0, 0.1) is 0 Å². The maximum Gasteiger partial charge on any atom is 0.525 e. The Bertz CT molecular complexity index is 737. The molecule has 1 unspecified atom stereocenters. The van der Waals surface area contributed by atoms with Crippen molar-refractivity contribution >= 4 is 11.8 Å². The first kappa shape index (κ1) is 18.8. The van der Waals surface area contributed by atoms with Crippen molar-refractivity contribution in [2.75, 3.05) is 11.9 Å². The number of nitrogens with one attached hydrogen (secondary N) is 1. The van der Waals surface area contributed by atoms with Gasteiger partial charge in [0.25, 0.3) is 0 Å². The summed E-state index contributed by atoms with van der Waals surface area (Å²) >= 11 is 0. The Hall–Kier alpha value is -1.97. The van der Waals surface area contributed by atoms with Crippen LogP contribution in [-0.2, 0) is 15.2 Å². The Kier molecular flexibility index (Phi) is 4.17. The lowest BCUT2D eigenvalue weighted by Gasteiger charge is -2.33. The van der Waals surface area contributed by atoms with E-state index in [-0.39, 0.29) is 17.5 Å². The summed E-state index contributed by atoms with van der Waals surface area (Å²) in [5, 5.41) is 42.3. The lowest BCUT2D eigenvalue weighted by atomic mass is 10.1. The van der Waals surface area contributed by atoms with E-state index in [0.29, 0.717) is 0 Å². The minimum absolute atomic E-state index is 0.119. The summed E-state index contributed by atoms with van der Waals surface area (Å²) in [5.41, 5.74) is 3.52. The zero-order valence-corrected chi connectivity index (χ0v) is 13.2. The van der Waals surface area contributed by atoms with E-state index in [1.165, 1.54) is 6.92 Å². The van der Waals surface area contributed by atoms with Crippen molar-refractivity contribution in [3.63, 3.8) is 0 Å². The number of hydrogen-bond acceptors (Lipinski definition) is 10. The number of aliphatic hydroxyl groups excluding tert-OH is 2. The Morgan fingerprint density at radius 1 is 1.46 bits per heavy atom. The number of aliphatic hydroxyl groups is 4. The molecule has 0 radical (unpaired) electrons. The lowest BCUT2D eigenvalue weighted by molar-refractivity contribution is -0.433. The quantitative estimate of drug-likeness (QED) is 0.332. The predicted octanol–water partition coefficient (Wildman–Crippen LogP) is -1.74. The number of halogens is 3. The molecule has 2 aliphatic rings. The average Bonchev–Trinajstić information content (AvgIpc) is 2.98. The lowest BCUT2D eigenvalue weighted by Crippen LogP contribution is -2.52. The predicted molar refractivity (Wildman–Crippen MR) is 76.1 cm³/mol. The molecule has 7 N–H and O–H groups in total. The third-order valence-corrected chi connectivity index (χ3v) is 3.97. The number of nitrogens with two attached hydrogens (primary N) is 1. The Morgan fingerprint density at radius 2 is 2.12 bits per heavy atom. The molecule has 3 rings (SSSR count). The van der Waals surface area contributed by atoms with E-state index in [9.17, 15) is 33.6 Å². The molecule has 0 bridgehead atoms. The van der Waals surface area contributed by atoms with Crippen molar-refractivity contribution in [2.24, 2.45) is 10.7 Å². The van der Waals surface area contributed by atoms with Gasteiger partial charge in [-0.15, -0.1) is 13.2 Å². The van der Waals surface area contributed by atoms with E-state index in [2.05, 4.69) is 20.0 Å². The number of imidazole rings is 1. The molecule has 11 nitrogen and oxygen atoms in total. The highest BCUT2D eigenvalue weighted by molar-refractivity contribution is 5.94. The highest BCUT2D eigenvalue weighted by Gasteiger charge is 2.62. The van der Waals surface area contributed by atoms with Gasteiger partial charge >= 0.3 is 6.36 Å². The van der Waals surface area contributed by atoms with Crippen LogP contribution < -0.4 is 11.1 Å². The van der Waals surface area contributed by atoms with E-state index in [1.54, 1.807) is 0 Å². The number of fused-ring (bicyclic) bond motifs is 1. The number of rotatable bonds is 3. The van der Waals surface area contributed by atoms with E-state index in [1.807, 2.05) is 0 Å². The first-order valence-electron chi connectivity index (χ1n) is 7.24. The van der Waals surface area contributed by atoms with Crippen molar-refractivity contribution < 1.29 is 43.1 Å². The largest absolute Gasteiger partial charge is 0.525 e. The molecule has 0 saturated carbocycles. The summed E-state index contributed by atoms with van der Waals surface area (Å²) in [6.07, 6.45) is -10.2. The molecular formula is C12H16F3N5O6. The van der Waals surface area contributed by atoms with Crippen LogP contribution in [0.2, 0.25) is 0 Å². The number of hydrogen-bond donors (Lipinski definition) is 6. The summed E-state index contributed by atoms with van der Waals surface area (Å²) in [6, 6.07) is 0. The summed E-state index contributed by atoms with van der Waals surface area (Å²) in [4.78, 5) is 7.54. The molecule has 1 fully saturated rings. The van der Waals surface area contributed by atoms with E-state index in [4.69, 9.17) is 10.5 Å². The Morgan fingerprint density at radius 3 is 2.69 bits per heavy atom. The third kappa shape index (κ3) is 2.89. The number of nitrogens with zero attached hydrogens (tertiary/aromatic N) is 3. The minimum atomic E-state index is -5.33. The van der Waals surface area contributed by atoms with Gasteiger partial charge in [-0.05, 0) is 6.92 Å². The Labute approximate surface area is 143 Å². The van der Waals surface area contributed by atoms with Crippen molar-refractivity contribution in [2.45, 2.75) is 43.2 Å². The fraction of sp³-hybridized carbons (Fsp3) is 0.667. The van der Waals surface area contributed by atoms with Gasteiger partial charge in [0, 0.05) is 0 Å². The van der Waals surface area contributed by atoms with Gasteiger partial charge in [0.15, 0.2) is 12.2 Å². The molecule has 14 heteroatoms. The van der Waals surface area contributed by atoms with Crippen molar-refractivity contribution in [1.82, 2.24) is 9.55 Å². The normalized spacial score (nSPS) is 37.2. The van der Waals surface area contributed by atoms with Gasteiger partial charge < -0.3 is 36.2 Å². The minimum Gasteiger partial charge on any atom is -0.394 e. The zero-order chi connectivity index (χ0) is 19.5. The number of anilines is 1. The fourth-order valence-corrected chi connectivity index (χ4v) is 2.90. The van der Waals surface area contributed by atoms with E-state index >= 15 is 0 Å². The SMILES string of the molecule is CC1(O)N=C(N)Nc2c1ncn2[C@@H]1O[C@H](CO)[C@@H](O)[C@]1(O)OC(F)(F)F. The maximum absolute atomic E-state index is 12.8. The van der Waals surface area contributed by atoms with Gasteiger partial charge in [-0.1, -0.05) is 0 Å². The molecule has 0 aromatic carbocycles. The maximum atomic E-state index is 12.8. The second-order valence-corrected chi connectivity index (χ2v) is 5.95. The molecule has 1 aromatic rings. The molecule has 5 atom stereocenters. The van der Waals surface area contributed by atoms with Crippen LogP contribution in [0.3, 0.4) is 0 Å². The first-order chi connectivity index (χ1) is 11.9. The van der Waals surface area contributed by atoms with Gasteiger partial charge in [0.1, 0.15) is 23.7 Å². The van der Waals surface area contributed by atoms with Crippen LogP contribution in [-0.4, -0.2) is 66.9 Å². The summed E-state index contributed by atoms with van der Waals surface area (Å²) < 4.78 is 48.0. The second kappa shape index (κ2) is 5.77. The van der Waals surface area contributed by atoms with Gasteiger partial charge in [0.05, 0.1) is 12.9 Å². The van der Waals surface area contributed by atoms with Gasteiger partial charge in [-0.3, -0.25) is 9.30 Å². The summed E-state index contributed by atoms with van der Waals surface area (Å²) in [5.74, 6) is -3.72. The van der Waals surface area contributed by atoms with E-state index in [0.717, 1.165) is 10.9 Å². The topological polar surface area (TPSA) is 168 Å². The molecule has 1 saturated heterocycles. The monoisotopic (exact) mass is 383 g/mol. The van der Waals surface area contributed by atoms with Gasteiger partial charge in [-0.2, -0.15) is 0 Å². The van der Waals surface area contributed by atoms with Crippen molar-refractivity contribution in [3.8, 4) is 0 Å².